The molecule has 17 heavy (non-hydrogen) atoms. The first-order valence-electron chi connectivity index (χ1n) is 1.64. The second kappa shape index (κ2) is 47.4. The Hall–Kier alpha value is -1.68. The van der Waals surface area contributed by atoms with Gasteiger partial charge in [-0.2, -0.15) is 0 Å². The van der Waals surface area contributed by atoms with Crippen molar-refractivity contribution in [2.45, 2.75) is 0 Å². The van der Waals surface area contributed by atoms with E-state index in [1.54, 1.807) is 0 Å². The van der Waals surface area contributed by atoms with Crippen LogP contribution in [0.15, 0.2) is 0 Å². The van der Waals surface area contributed by atoms with E-state index in [1.807, 2.05) is 0 Å². The molecule has 0 amide bonds. The minimum Gasteiger partial charge on any atom is -0.412 e. The Kier molecular flexibility index (Phi) is 163. The summed E-state index contributed by atoms with van der Waals surface area (Å²) < 4.78 is 0. The molecule has 106 valence electrons. The van der Waals surface area contributed by atoms with Gasteiger partial charge in [0.05, 0.1) is 15.3 Å². The van der Waals surface area contributed by atoms with Crippen LogP contribution in [0.3, 0.4) is 0 Å². The predicted molar refractivity (Wildman–Crippen MR) is 51.3 cm³/mol. The molecule has 0 aliphatic rings. The van der Waals surface area contributed by atoms with Gasteiger partial charge in [0.1, 0.15) is 0 Å². The molecule has 16 nitrogen and oxygen atoms in total. The van der Waals surface area contributed by atoms with E-state index < -0.39 is 15.3 Å². The topological polar surface area (TPSA) is 325 Å². The zero-order valence-corrected chi connectivity index (χ0v) is 10.9. The average molecular weight is 467 g/mol. The maximum Gasteiger partial charge on any atom is 3.00 e. The molecule has 0 unspecified atom stereocenters. The fourth-order valence-corrected chi connectivity index (χ4v) is 0. The van der Waals surface area contributed by atoms with Crippen LogP contribution in [0.5, 0.6) is 0 Å². The Balaban J connectivity index is -0.0000000104. The van der Waals surface area contributed by atoms with E-state index in [2.05, 4.69) is 0 Å². The van der Waals surface area contributed by atoms with Crippen LogP contribution in [0.2, 0.25) is 0 Å². The fourth-order valence-electron chi connectivity index (χ4n) is 0. The Bertz CT molecular complexity index is 114. The molecule has 17 heteroatoms. The van der Waals surface area contributed by atoms with Crippen molar-refractivity contribution in [2.75, 3.05) is 0 Å². The van der Waals surface area contributed by atoms with E-state index in [-0.39, 0.29) is 48.1 Å². The number of nitrogens with zero attached hydrogens (tertiary/aromatic N) is 3. The van der Waals surface area contributed by atoms with Crippen molar-refractivity contribution in [3.05, 3.63) is 46.0 Å². The van der Waals surface area contributed by atoms with Crippen molar-refractivity contribution in [1.29, 1.82) is 0 Å². The van der Waals surface area contributed by atoms with Gasteiger partial charge in [-0.15, -0.1) is 0 Å². The maximum absolute atomic E-state index is 8.25. The minimum absolute atomic E-state index is 0. The van der Waals surface area contributed by atoms with E-state index in [0.717, 1.165) is 0 Å². The van der Waals surface area contributed by atoms with Gasteiger partial charge in [-0.3, -0.25) is 0 Å². The van der Waals surface area contributed by atoms with Gasteiger partial charge < -0.3 is 67.9 Å². The first kappa shape index (κ1) is 58.6. The summed E-state index contributed by atoms with van der Waals surface area (Å²) in [7, 11) is 0. The monoisotopic (exact) mass is 467 g/mol. The van der Waals surface area contributed by atoms with Crippen LogP contribution in [0, 0.1) is 46.0 Å². The third kappa shape index (κ3) is 774. The second-order valence-electron chi connectivity index (χ2n) is 0.671. The van der Waals surface area contributed by atoms with Gasteiger partial charge in [0.2, 0.25) is 0 Å². The zero-order valence-electron chi connectivity index (χ0n) is 7.46. The smallest absolute Gasteiger partial charge is 0.412 e. The van der Waals surface area contributed by atoms with Crippen molar-refractivity contribution in [2.24, 2.45) is 0 Å². The molecule has 0 aromatic carbocycles. The zero-order chi connectivity index (χ0) is 10.7. The molecule has 0 saturated heterocycles. The van der Waals surface area contributed by atoms with Crippen LogP contribution in [0.1, 0.15) is 0 Å². The summed E-state index contributed by atoms with van der Waals surface area (Å²) >= 11 is 0. The molecule has 0 atom stereocenters. The quantitative estimate of drug-likeness (QED) is 0.188. The molecular formula is H8BiN3O13. The van der Waals surface area contributed by atoms with Crippen molar-refractivity contribution < 1.29 is 37.2 Å². The van der Waals surface area contributed by atoms with Crippen LogP contribution in [-0.4, -0.2) is 63.4 Å². The fraction of sp³-hybridized carbons (Fsp3) is 0. The van der Waals surface area contributed by atoms with Gasteiger partial charge in [0.25, 0.3) is 0 Å². The molecular weight excluding hydrogens is 459 g/mol. The molecule has 0 saturated carbocycles. The van der Waals surface area contributed by atoms with Gasteiger partial charge in [0.15, 0.2) is 0 Å². The van der Waals surface area contributed by atoms with E-state index >= 15 is 0 Å². The van der Waals surface area contributed by atoms with Crippen molar-refractivity contribution in [1.82, 2.24) is 0 Å². The average Bonchev–Trinajstić information content (AvgIpc) is 1.54. The molecule has 0 aromatic heterocycles. The van der Waals surface area contributed by atoms with Crippen LogP contribution in [-0.2, 0) is 0 Å². The SMILES string of the molecule is O.O.O.O.O=[N+]([O-])[O-].O=[N+]([O-])[O-].O=[N+]([O-])[O-].[Bi+3]. The van der Waals surface area contributed by atoms with E-state index in [4.69, 9.17) is 46.0 Å². The maximum atomic E-state index is 8.25. The van der Waals surface area contributed by atoms with Crippen molar-refractivity contribution >= 4 is 26.2 Å². The summed E-state index contributed by atoms with van der Waals surface area (Å²) in [6, 6.07) is 0. The van der Waals surface area contributed by atoms with Crippen LogP contribution in [0.25, 0.3) is 0 Å². The normalized spacial score (nSPS) is 4.24. The Labute approximate surface area is 110 Å². The summed E-state index contributed by atoms with van der Waals surface area (Å²) in [4.78, 5) is 24.8. The Morgan fingerprint density at radius 3 is 0.471 bits per heavy atom. The van der Waals surface area contributed by atoms with E-state index in [1.165, 1.54) is 0 Å². The molecule has 0 spiro atoms. The first-order valence-corrected chi connectivity index (χ1v) is 1.64. The number of hydrogen-bond donors (Lipinski definition) is 0. The molecule has 0 heterocycles. The predicted octanol–water partition coefficient (Wildman–Crippen LogP) is -4.40. The molecule has 0 rings (SSSR count). The van der Waals surface area contributed by atoms with E-state index in [0.29, 0.717) is 0 Å². The van der Waals surface area contributed by atoms with E-state index in [9.17, 15) is 0 Å². The summed E-state index contributed by atoms with van der Waals surface area (Å²) in [6.45, 7) is 0. The third-order valence-electron chi connectivity index (χ3n) is 0. The number of hydrogen-bond acceptors (Lipinski definition) is 9. The van der Waals surface area contributed by atoms with Crippen molar-refractivity contribution in [3.63, 3.8) is 0 Å². The summed E-state index contributed by atoms with van der Waals surface area (Å²) in [5.41, 5.74) is 0. The third-order valence-corrected chi connectivity index (χ3v) is 0. The molecule has 0 bridgehead atoms. The minimum atomic E-state index is -1.75. The van der Waals surface area contributed by atoms with Gasteiger partial charge in [-0.1, -0.05) is 0 Å². The first-order chi connectivity index (χ1) is 5.20. The molecule has 0 fully saturated rings. The molecule has 0 aliphatic heterocycles. The van der Waals surface area contributed by atoms with Gasteiger partial charge >= 0.3 is 26.2 Å². The van der Waals surface area contributed by atoms with Crippen molar-refractivity contribution in [3.8, 4) is 0 Å². The van der Waals surface area contributed by atoms with Crippen LogP contribution >= 0.6 is 0 Å². The molecule has 0 aliphatic carbocycles. The Morgan fingerprint density at radius 2 is 0.471 bits per heavy atom. The van der Waals surface area contributed by atoms with Gasteiger partial charge in [-0.05, 0) is 0 Å². The summed E-state index contributed by atoms with van der Waals surface area (Å²) in [5.74, 6) is 0. The Morgan fingerprint density at radius 1 is 0.471 bits per heavy atom. The molecule has 8 N–H and O–H groups in total. The van der Waals surface area contributed by atoms with Crippen LogP contribution in [0.4, 0.5) is 0 Å². The largest absolute Gasteiger partial charge is 3.00 e. The van der Waals surface area contributed by atoms with Gasteiger partial charge in [-0.25, -0.2) is 0 Å². The summed E-state index contributed by atoms with van der Waals surface area (Å²) in [6.07, 6.45) is 0. The molecule has 0 aromatic rings. The van der Waals surface area contributed by atoms with Gasteiger partial charge in [0, 0.05) is 0 Å². The summed E-state index contributed by atoms with van der Waals surface area (Å²) in [5, 5.41) is 44.2. The molecule has 2 radical (unpaired) electrons. The second-order valence-corrected chi connectivity index (χ2v) is 0.671. The van der Waals surface area contributed by atoms with Crippen LogP contribution < -0.4 is 0 Å². The number of rotatable bonds is 0. The standard InChI is InChI=1S/Bi.3NO3.4H2O/c;3*2-1(3)4;;;;/h;;;;4*1H2/q+3;3*-1;;;;.